The van der Waals surface area contributed by atoms with E-state index in [1.165, 1.54) is 25.0 Å². The van der Waals surface area contributed by atoms with Gasteiger partial charge in [0.1, 0.15) is 6.07 Å². The fraction of sp³-hybridized carbons (Fsp3) is 0.500. The van der Waals surface area contributed by atoms with Crippen LogP contribution in [0.3, 0.4) is 0 Å². The van der Waals surface area contributed by atoms with E-state index in [1.807, 2.05) is 18.2 Å². The summed E-state index contributed by atoms with van der Waals surface area (Å²) < 4.78 is 0.868. The molecule has 96 valence electrons. The third-order valence-corrected chi connectivity index (χ3v) is 5.14. The van der Waals surface area contributed by atoms with E-state index >= 15 is 0 Å². The monoisotopic (exact) mass is 324 g/mol. The summed E-state index contributed by atoms with van der Waals surface area (Å²) in [5.41, 5.74) is 1.79. The number of hydrogen-bond donors (Lipinski definition) is 1. The number of thioether (sulfide) groups is 1. The average Bonchev–Trinajstić information content (AvgIpc) is 2.77. The van der Waals surface area contributed by atoms with E-state index in [-0.39, 0.29) is 0 Å². The highest BCUT2D eigenvalue weighted by Gasteiger charge is 2.24. The van der Waals surface area contributed by atoms with Crippen LogP contribution in [-0.4, -0.2) is 17.0 Å². The molecule has 1 aromatic carbocycles. The van der Waals surface area contributed by atoms with Gasteiger partial charge in [0.15, 0.2) is 0 Å². The Morgan fingerprint density at radius 3 is 3.00 bits per heavy atom. The van der Waals surface area contributed by atoms with Crippen molar-refractivity contribution >= 4 is 33.4 Å². The number of nitrogens with one attached hydrogen (secondary N) is 1. The Kier molecular flexibility index (Phi) is 4.96. The van der Waals surface area contributed by atoms with Crippen LogP contribution in [0.1, 0.15) is 31.7 Å². The lowest BCUT2D eigenvalue weighted by molar-refractivity contribution is 0.757. The maximum atomic E-state index is 8.88. The molecule has 2 rings (SSSR count). The molecule has 0 spiro atoms. The van der Waals surface area contributed by atoms with Crippen LogP contribution >= 0.6 is 27.7 Å². The van der Waals surface area contributed by atoms with Crippen LogP contribution in [0.4, 0.5) is 5.69 Å². The van der Waals surface area contributed by atoms with Gasteiger partial charge in [-0.05, 0) is 59.1 Å². The second-order valence-corrected chi connectivity index (χ2v) is 6.97. The quantitative estimate of drug-likeness (QED) is 0.891. The van der Waals surface area contributed by atoms with Gasteiger partial charge in [0.05, 0.1) is 5.56 Å². The Hall–Kier alpha value is -0.660. The summed E-state index contributed by atoms with van der Waals surface area (Å²) in [7, 11) is 0. The van der Waals surface area contributed by atoms with Gasteiger partial charge < -0.3 is 5.32 Å². The molecule has 0 saturated heterocycles. The first kappa shape index (κ1) is 13.8. The van der Waals surface area contributed by atoms with Gasteiger partial charge in [0, 0.05) is 21.5 Å². The molecular formula is C14H17BrN2S. The van der Waals surface area contributed by atoms with Crippen molar-refractivity contribution in [3.05, 3.63) is 28.2 Å². The molecule has 2 atom stereocenters. The fourth-order valence-corrected chi connectivity index (χ4v) is 4.00. The van der Waals surface area contributed by atoms with E-state index in [1.54, 1.807) is 0 Å². The molecule has 0 radical (unpaired) electrons. The van der Waals surface area contributed by atoms with Crippen LogP contribution in [-0.2, 0) is 0 Å². The third kappa shape index (κ3) is 3.43. The molecule has 0 aliphatic heterocycles. The SMILES string of the molecule is CCSC1CCC(Nc2ccc(C#N)c(Br)c2)C1. The maximum absolute atomic E-state index is 8.88. The summed E-state index contributed by atoms with van der Waals surface area (Å²) in [5, 5.41) is 13.3. The average molecular weight is 325 g/mol. The van der Waals surface area contributed by atoms with Gasteiger partial charge in [-0.15, -0.1) is 0 Å². The highest BCUT2D eigenvalue weighted by molar-refractivity contribution is 9.10. The van der Waals surface area contributed by atoms with Gasteiger partial charge in [-0.2, -0.15) is 17.0 Å². The van der Waals surface area contributed by atoms with Gasteiger partial charge in [0.2, 0.25) is 0 Å². The minimum absolute atomic E-state index is 0.578. The molecule has 4 heteroatoms. The number of anilines is 1. The van der Waals surface area contributed by atoms with E-state index in [4.69, 9.17) is 5.26 Å². The summed E-state index contributed by atoms with van der Waals surface area (Å²) in [6.07, 6.45) is 3.80. The first-order valence-corrected chi connectivity index (χ1v) is 8.15. The van der Waals surface area contributed by atoms with Gasteiger partial charge >= 0.3 is 0 Å². The Morgan fingerprint density at radius 2 is 2.33 bits per heavy atom. The normalized spacial score (nSPS) is 22.7. The van der Waals surface area contributed by atoms with Gasteiger partial charge in [0.25, 0.3) is 0 Å². The summed E-state index contributed by atoms with van der Waals surface area (Å²) in [6, 6.07) is 8.59. The molecule has 0 bridgehead atoms. The minimum Gasteiger partial charge on any atom is -0.382 e. The molecular weight excluding hydrogens is 308 g/mol. The molecule has 0 heterocycles. The van der Waals surface area contributed by atoms with Crippen molar-refractivity contribution in [2.24, 2.45) is 0 Å². The second kappa shape index (κ2) is 6.49. The first-order chi connectivity index (χ1) is 8.72. The number of rotatable bonds is 4. The summed E-state index contributed by atoms with van der Waals surface area (Å²) in [5.74, 6) is 1.21. The second-order valence-electron chi connectivity index (χ2n) is 4.54. The Morgan fingerprint density at radius 1 is 1.50 bits per heavy atom. The zero-order valence-electron chi connectivity index (χ0n) is 10.4. The summed E-state index contributed by atoms with van der Waals surface area (Å²) in [6.45, 7) is 2.23. The topological polar surface area (TPSA) is 35.8 Å². The largest absolute Gasteiger partial charge is 0.382 e. The minimum atomic E-state index is 0.578. The summed E-state index contributed by atoms with van der Waals surface area (Å²) >= 11 is 5.50. The van der Waals surface area contributed by atoms with E-state index < -0.39 is 0 Å². The van der Waals surface area contributed by atoms with Crippen molar-refractivity contribution in [2.45, 2.75) is 37.5 Å². The van der Waals surface area contributed by atoms with Crippen molar-refractivity contribution in [3.8, 4) is 6.07 Å². The lowest BCUT2D eigenvalue weighted by Crippen LogP contribution is -2.16. The van der Waals surface area contributed by atoms with Crippen LogP contribution in [0.25, 0.3) is 0 Å². The Balaban J connectivity index is 1.95. The van der Waals surface area contributed by atoms with Crippen LogP contribution in [0.15, 0.2) is 22.7 Å². The van der Waals surface area contributed by atoms with E-state index in [2.05, 4.69) is 46.0 Å². The molecule has 2 nitrogen and oxygen atoms in total. The van der Waals surface area contributed by atoms with Crippen molar-refractivity contribution in [2.75, 3.05) is 11.1 Å². The predicted octanol–water partition coefficient (Wildman–Crippen LogP) is 4.41. The van der Waals surface area contributed by atoms with Crippen molar-refractivity contribution < 1.29 is 0 Å². The highest BCUT2D eigenvalue weighted by atomic mass is 79.9. The first-order valence-electron chi connectivity index (χ1n) is 6.30. The third-order valence-electron chi connectivity index (χ3n) is 3.25. The zero-order valence-corrected chi connectivity index (χ0v) is 12.9. The van der Waals surface area contributed by atoms with Crippen LogP contribution in [0.2, 0.25) is 0 Å². The molecule has 0 aromatic heterocycles. The van der Waals surface area contributed by atoms with Crippen molar-refractivity contribution in [1.29, 1.82) is 5.26 Å². The van der Waals surface area contributed by atoms with Crippen LogP contribution in [0.5, 0.6) is 0 Å². The van der Waals surface area contributed by atoms with Gasteiger partial charge in [-0.3, -0.25) is 0 Å². The Labute approximate surface area is 121 Å². The molecule has 1 aromatic rings. The molecule has 1 N–H and O–H groups in total. The lowest BCUT2D eigenvalue weighted by atomic mass is 10.2. The van der Waals surface area contributed by atoms with E-state index in [0.717, 1.165) is 15.4 Å². The van der Waals surface area contributed by atoms with Crippen LogP contribution < -0.4 is 5.32 Å². The molecule has 1 aliphatic rings. The van der Waals surface area contributed by atoms with E-state index in [9.17, 15) is 0 Å². The van der Waals surface area contributed by atoms with E-state index in [0.29, 0.717) is 11.6 Å². The number of benzene rings is 1. The predicted molar refractivity (Wildman–Crippen MR) is 82.0 cm³/mol. The molecule has 18 heavy (non-hydrogen) atoms. The smallest absolute Gasteiger partial charge is 0.100 e. The molecule has 1 aliphatic carbocycles. The molecule has 2 unspecified atom stereocenters. The van der Waals surface area contributed by atoms with Crippen molar-refractivity contribution in [1.82, 2.24) is 0 Å². The number of nitrogens with zero attached hydrogens (tertiary/aromatic N) is 1. The standard InChI is InChI=1S/C14H17BrN2S/c1-2-18-13-6-5-11(7-13)17-12-4-3-10(9-16)14(15)8-12/h3-4,8,11,13,17H,2,5-7H2,1H3. The Bertz CT molecular complexity index is 456. The molecule has 1 fully saturated rings. The molecule has 1 saturated carbocycles. The zero-order chi connectivity index (χ0) is 13.0. The fourth-order valence-electron chi connectivity index (χ4n) is 2.39. The van der Waals surface area contributed by atoms with Crippen molar-refractivity contribution in [3.63, 3.8) is 0 Å². The number of nitriles is 1. The lowest BCUT2D eigenvalue weighted by Gasteiger charge is -2.15. The number of hydrogen-bond acceptors (Lipinski definition) is 3. The van der Waals surface area contributed by atoms with Crippen LogP contribution in [0, 0.1) is 11.3 Å². The highest BCUT2D eigenvalue weighted by Crippen LogP contribution is 2.32. The maximum Gasteiger partial charge on any atom is 0.100 e. The van der Waals surface area contributed by atoms with Gasteiger partial charge in [-0.25, -0.2) is 0 Å². The summed E-state index contributed by atoms with van der Waals surface area (Å²) in [4.78, 5) is 0. The van der Waals surface area contributed by atoms with Gasteiger partial charge in [-0.1, -0.05) is 6.92 Å². The number of halogens is 1. The molecule has 0 amide bonds.